The molecular formula is C17H18Cl2FN. The summed E-state index contributed by atoms with van der Waals surface area (Å²) in [7, 11) is 0. The molecule has 112 valence electrons. The molecule has 0 amide bonds. The normalized spacial score (nSPS) is 14.0. The average molecular weight is 326 g/mol. The molecular weight excluding hydrogens is 308 g/mol. The van der Waals surface area contributed by atoms with Crippen molar-refractivity contribution in [1.82, 2.24) is 5.32 Å². The molecule has 0 aliphatic carbocycles. The van der Waals surface area contributed by atoms with E-state index in [1.165, 1.54) is 12.1 Å². The summed E-state index contributed by atoms with van der Waals surface area (Å²) in [4.78, 5) is 0. The minimum Gasteiger partial charge on any atom is -0.307 e. The molecule has 2 aromatic carbocycles. The molecule has 0 heterocycles. The topological polar surface area (TPSA) is 12.0 Å². The average Bonchev–Trinajstić information content (AvgIpc) is 2.44. The van der Waals surface area contributed by atoms with Crippen LogP contribution in [0.2, 0.25) is 10.0 Å². The van der Waals surface area contributed by atoms with Gasteiger partial charge in [0.2, 0.25) is 0 Å². The Morgan fingerprint density at radius 3 is 2.29 bits per heavy atom. The summed E-state index contributed by atoms with van der Waals surface area (Å²) in [5.74, 6) is -0.205. The fourth-order valence-electron chi connectivity index (χ4n) is 2.34. The summed E-state index contributed by atoms with van der Waals surface area (Å²) >= 11 is 12.0. The second kappa shape index (κ2) is 7.26. The zero-order chi connectivity index (χ0) is 15.4. The van der Waals surface area contributed by atoms with E-state index in [2.05, 4.69) is 19.2 Å². The van der Waals surface area contributed by atoms with Crippen LogP contribution in [0.15, 0.2) is 42.5 Å². The fourth-order valence-corrected chi connectivity index (χ4v) is 2.64. The number of benzene rings is 2. The molecule has 1 N–H and O–H groups in total. The number of nitrogens with one attached hydrogen (secondary N) is 1. The van der Waals surface area contributed by atoms with Crippen molar-refractivity contribution in [2.45, 2.75) is 32.4 Å². The van der Waals surface area contributed by atoms with Gasteiger partial charge in [-0.15, -0.1) is 0 Å². The summed E-state index contributed by atoms with van der Waals surface area (Å²) < 4.78 is 12.9. The maximum atomic E-state index is 12.9. The lowest BCUT2D eigenvalue weighted by Crippen LogP contribution is -2.30. The first-order valence-electron chi connectivity index (χ1n) is 6.91. The van der Waals surface area contributed by atoms with Gasteiger partial charge in [-0.25, -0.2) is 4.39 Å². The molecule has 2 aromatic rings. The molecule has 4 heteroatoms. The van der Waals surface area contributed by atoms with E-state index in [9.17, 15) is 4.39 Å². The van der Waals surface area contributed by atoms with Crippen molar-refractivity contribution in [3.05, 3.63) is 69.5 Å². The van der Waals surface area contributed by atoms with E-state index < -0.39 is 0 Å². The van der Waals surface area contributed by atoms with E-state index in [1.807, 2.05) is 30.3 Å². The molecule has 1 nitrogen and oxygen atoms in total. The minimum atomic E-state index is -0.205. The van der Waals surface area contributed by atoms with Crippen LogP contribution in [0, 0.1) is 5.82 Å². The lowest BCUT2D eigenvalue weighted by molar-refractivity contribution is 0.477. The number of halogens is 3. The first-order chi connectivity index (χ1) is 9.95. The zero-order valence-corrected chi connectivity index (χ0v) is 13.5. The zero-order valence-electron chi connectivity index (χ0n) is 12.0. The molecule has 0 saturated carbocycles. The van der Waals surface area contributed by atoms with Crippen molar-refractivity contribution >= 4 is 23.2 Å². The molecule has 0 fully saturated rings. The van der Waals surface area contributed by atoms with Gasteiger partial charge >= 0.3 is 0 Å². The summed E-state index contributed by atoms with van der Waals surface area (Å²) in [5.41, 5.74) is 2.20. The van der Waals surface area contributed by atoms with E-state index in [4.69, 9.17) is 23.2 Å². The van der Waals surface area contributed by atoms with Crippen LogP contribution in [0.5, 0.6) is 0 Å². The summed E-state index contributed by atoms with van der Waals surface area (Å²) in [6.07, 6.45) is 0.839. The Balaban J connectivity index is 1.96. The van der Waals surface area contributed by atoms with E-state index >= 15 is 0 Å². The number of hydrogen-bond donors (Lipinski definition) is 1. The van der Waals surface area contributed by atoms with E-state index in [1.54, 1.807) is 0 Å². The van der Waals surface area contributed by atoms with Crippen LogP contribution in [0.1, 0.15) is 31.0 Å². The van der Waals surface area contributed by atoms with E-state index in [-0.39, 0.29) is 17.9 Å². The number of hydrogen-bond acceptors (Lipinski definition) is 1. The van der Waals surface area contributed by atoms with Gasteiger partial charge in [-0.2, -0.15) is 0 Å². The van der Waals surface area contributed by atoms with Gasteiger partial charge in [-0.3, -0.25) is 0 Å². The van der Waals surface area contributed by atoms with Gasteiger partial charge in [-0.05, 0) is 55.7 Å². The molecule has 0 aromatic heterocycles. The largest absolute Gasteiger partial charge is 0.307 e. The molecule has 0 aliphatic rings. The molecule has 0 saturated heterocycles. The van der Waals surface area contributed by atoms with Crippen molar-refractivity contribution in [2.24, 2.45) is 0 Å². The molecule has 2 atom stereocenters. The second-order valence-corrected chi connectivity index (χ2v) is 6.11. The quantitative estimate of drug-likeness (QED) is 0.774. The van der Waals surface area contributed by atoms with Crippen molar-refractivity contribution in [3.8, 4) is 0 Å². The van der Waals surface area contributed by atoms with Crippen LogP contribution in [0.4, 0.5) is 4.39 Å². The Morgan fingerprint density at radius 1 is 1.00 bits per heavy atom. The Hall–Kier alpha value is -1.09. The first-order valence-corrected chi connectivity index (χ1v) is 7.66. The van der Waals surface area contributed by atoms with Gasteiger partial charge in [0, 0.05) is 12.1 Å². The van der Waals surface area contributed by atoms with Gasteiger partial charge < -0.3 is 5.32 Å². The van der Waals surface area contributed by atoms with E-state index in [0.717, 1.165) is 17.5 Å². The van der Waals surface area contributed by atoms with Crippen molar-refractivity contribution in [1.29, 1.82) is 0 Å². The third-order valence-electron chi connectivity index (χ3n) is 3.43. The highest BCUT2D eigenvalue weighted by atomic mass is 35.5. The van der Waals surface area contributed by atoms with Crippen LogP contribution < -0.4 is 5.32 Å². The molecule has 0 spiro atoms. The monoisotopic (exact) mass is 325 g/mol. The van der Waals surface area contributed by atoms with Gasteiger partial charge in [0.25, 0.3) is 0 Å². The Kier molecular flexibility index (Phi) is 5.63. The molecule has 2 unspecified atom stereocenters. The third kappa shape index (κ3) is 4.70. The summed E-state index contributed by atoms with van der Waals surface area (Å²) in [6.45, 7) is 4.19. The van der Waals surface area contributed by atoms with Crippen LogP contribution in [-0.2, 0) is 6.42 Å². The standard InChI is InChI=1S/C17H18Cl2FN/c1-11(9-13-3-6-15(20)7-4-13)21-12(2)14-5-8-16(18)17(19)10-14/h3-8,10-12,21H,9H2,1-2H3. The van der Waals surface area contributed by atoms with Gasteiger partial charge in [0.05, 0.1) is 10.0 Å². The highest BCUT2D eigenvalue weighted by molar-refractivity contribution is 6.42. The maximum Gasteiger partial charge on any atom is 0.123 e. The summed E-state index contributed by atoms with van der Waals surface area (Å²) in [5, 5.41) is 4.64. The predicted molar refractivity (Wildman–Crippen MR) is 87.6 cm³/mol. The van der Waals surface area contributed by atoms with Crippen molar-refractivity contribution in [3.63, 3.8) is 0 Å². The van der Waals surface area contributed by atoms with Crippen LogP contribution in [-0.4, -0.2) is 6.04 Å². The molecule has 21 heavy (non-hydrogen) atoms. The molecule has 0 bridgehead atoms. The van der Waals surface area contributed by atoms with E-state index in [0.29, 0.717) is 10.0 Å². The summed E-state index contributed by atoms with van der Waals surface area (Å²) in [6, 6.07) is 12.7. The highest BCUT2D eigenvalue weighted by Crippen LogP contribution is 2.25. The SMILES string of the molecule is CC(Cc1ccc(F)cc1)NC(C)c1ccc(Cl)c(Cl)c1. The van der Waals surface area contributed by atoms with Crippen LogP contribution in [0.25, 0.3) is 0 Å². The van der Waals surface area contributed by atoms with Gasteiger partial charge in [0.15, 0.2) is 0 Å². The molecule has 2 rings (SSSR count). The Bertz CT molecular complexity index is 598. The second-order valence-electron chi connectivity index (χ2n) is 5.29. The maximum absolute atomic E-state index is 12.9. The molecule has 0 aliphatic heterocycles. The van der Waals surface area contributed by atoms with Crippen molar-refractivity contribution < 1.29 is 4.39 Å². The number of rotatable bonds is 5. The first kappa shape index (κ1) is 16.3. The van der Waals surface area contributed by atoms with Gasteiger partial charge in [-0.1, -0.05) is 41.4 Å². The molecule has 0 radical (unpaired) electrons. The fraction of sp³-hybridized carbons (Fsp3) is 0.294. The Labute approximate surface area is 135 Å². The minimum absolute atomic E-state index is 0.162. The smallest absolute Gasteiger partial charge is 0.123 e. The lowest BCUT2D eigenvalue weighted by atomic mass is 10.0. The van der Waals surface area contributed by atoms with Crippen molar-refractivity contribution in [2.75, 3.05) is 0 Å². The Morgan fingerprint density at radius 2 is 1.67 bits per heavy atom. The van der Waals surface area contributed by atoms with Crippen LogP contribution >= 0.6 is 23.2 Å². The highest BCUT2D eigenvalue weighted by Gasteiger charge is 2.11. The third-order valence-corrected chi connectivity index (χ3v) is 4.17. The van der Waals surface area contributed by atoms with Gasteiger partial charge in [0.1, 0.15) is 5.82 Å². The van der Waals surface area contributed by atoms with Crippen LogP contribution in [0.3, 0.4) is 0 Å². The lowest BCUT2D eigenvalue weighted by Gasteiger charge is -2.21. The predicted octanol–water partition coefficient (Wildman–Crippen LogP) is 5.41.